The topological polar surface area (TPSA) is 84.8 Å². The van der Waals surface area contributed by atoms with Crippen LogP contribution in [-0.2, 0) is 0 Å². The van der Waals surface area contributed by atoms with E-state index in [1.165, 1.54) is 0 Å². The molecule has 35 heavy (non-hydrogen) atoms. The number of aromatic nitrogens is 2. The van der Waals surface area contributed by atoms with E-state index in [1.54, 1.807) is 19.9 Å². The van der Waals surface area contributed by atoms with Crippen molar-refractivity contribution in [1.82, 2.24) is 15.1 Å². The van der Waals surface area contributed by atoms with E-state index in [2.05, 4.69) is 15.1 Å². The first-order chi connectivity index (χ1) is 16.5. The molecular weight excluding hydrogens is 473 g/mol. The molecule has 0 aliphatic carbocycles. The first-order valence-corrected chi connectivity index (χ1v) is 11.6. The smallest absolute Gasteiger partial charge is 0.283 e. The summed E-state index contributed by atoms with van der Waals surface area (Å²) in [5.74, 6) is 2.10. The van der Waals surface area contributed by atoms with Crippen molar-refractivity contribution in [3.8, 4) is 17.4 Å². The highest BCUT2D eigenvalue weighted by Crippen LogP contribution is 2.33. The number of piperidine rings is 1. The van der Waals surface area contributed by atoms with Gasteiger partial charge in [-0.3, -0.25) is 0 Å². The van der Waals surface area contributed by atoms with Crippen molar-refractivity contribution in [2.24, 2.45) is 0 Å². The highest BCUT2D eigenvalue weighted by atomic mass is 35.5. The van der Waals surface area contributed by atoms with Gasteiger partial charge in [0.05, 0.1) is 5.39 Å². The minimum atomic E-state index is -0.631. The predicted molar refractivity (Wildman–Crippen MR) is 133 cm³/mol. The lowest BCUT2D eigenvalue weighted by Crippen LogP contribution is -2.40. The molecule has 4 aromatic rings. The minimum absolute atomic E-state index is 0. The van der Waals surface area contributed by atoms with Crippen molar-refractivity contribution >= 4 is 23.4 Å². The van der Waals surface area contributed by atoms with Gasteiger partial charge in [0.1, 0.15) is 29.9 Å². The molecule has 0 spiro atoms. The van der Waals surface area contributed by atoms with Crippen LogP contribution in [0.2, 0.25) is 0 Å². The molecule has 0 unspecified atom stereocenters. The number of fused-ring (bicyclic) bond motifs is 1. The Kier molecular flexibility index (Phi) is 7.74. The molecule has 5 rings (SSSR count). The third-order valence-electron chi connectivity index (χ3n) is 6.41. The first kappa shape index (κ1) is 25.2. The van der Waals surface area contributed by atoms with Crippen LogP contribution in [-0.4, -0.2) is 52.5 Å². The van der Waals surface area contributed by atoms with Gasteiger partial charge in [0.25, 0.3) is 5.89 Å². The number of benzene rings is 2. The summed E-state index contributed by atoms with van der Waals surface area (Å²) >= 11 is 0. The van der Waals surface area contributed by atoms with E-state index in [0.29, 0.717) is 46.9 Å². The predicted octanol–water partition coefficient (Wildman–Crippen LogP) is 5.28. The molecule has 0 saturated carbocycles. The number of hydrogen-bond acceptors (Lipinski definition) is 7. The molecule has 1 aliphatic rings. The average molecular weight is 502 g/mol. The molecule has 0 radical (unpaired) electrons. The van der Waals surface area contributed by atoms with Gasteiger partial charge in [0.2, 0.25) is 5.89 Å². The van der Waals surface area contributed by atoms with Crippen LogP contribution in [0.5, 0.6) is 5.75 Å². The second-order valence-corrected chi connectivity index (χ2v) is 8.95. The van der Waals surface area contributed by atoms with Gasteiger partial charge in [-0.05, 0) is 68.1 Å². The van der Waals surface area contributed by atoms with Crippen molar-refractivity contribution < 1.29 is 23.1 Å². The summed E-state index contributed by atoms with van der Waals surface area (Å²) in [6, 6.07) is 12.9. The summed E-state index contributed by atoms with van der Waals surface area (Å²) in [5, 5.41) is 19.2. The van der Waals surface area contributed by atoms with Gasteiger partial charge in [0, 0.05) is 19.5 Å². The number of nitrogens with zero attached hydrogens (tertiary/aromatic N) is 3. The molecule has 1 atom stereocenters. The molecule has 3 heterocycles. The van der Waals surface area contributed by atoms with Crippen LogP contribution < -0.4 is 4.74 Å². The number of β-amino-alcohol motifs (C(OH)–C–C–N with tert-alkyl or cyclic N) is 1. The second kappa shape index (κ2) is 10.8. The van der Waals surface area contributed by atoms with Gasteiger partial charge < -0.3 is 23.6 Å². The first-order valence-electron chi connectivity index (χ1n) is 11.6. The number of likely N-dealkylation sites (tertiary alicyclic amines) is 1. The normalized spacial score (nSPS) is 15.8. The van der Waals surface area contributed by atoms with Crippen molar-refractivity contribution in [3.05, 3.63) is 65.3 Å². The zero-order chi connectivity index (χ0) is 23.7. The molecule has 0 bridgehead atoms. The highest BCUT2D eigenvalue weighted by molar-refractivity contribution is 5.87. The van der Waals surface area contributed by atoms with E-state index in [1.807, 2.05) is 36.4 Å². The summed E-state index contributed by atoms with van der Waals surface area (Å²) in [6.45, 7) is 5.93. The molecule has 186 valence electrons. The fraction of sp³-hybridized carbons (Fsp3) is 0.385. The maximum Gasteiger partial charge on any atom is 0.283 e. The number of halogens is 2. The number of aliphatic hydroxyl groups excluding tert-OH is 1. The lowest BCUT2D eigenvalue weighted by molar-refractivity contribution is 0.0599. The lowest BCUT2D eigenvalue weighted by atomic mass is 9.89. The van der Waals surface area contributed by atoms with Crippen LogP contribution in [0, 0.1) is 19.7 Å². The zero-order valence-electron chi connectivity index (χ0n) is 19.7. The fourth-order valence-electron chi connectivity index (χ4n) is 4.51. The van der Waals surface area contributed by atoms with E-state index in [9.17, 15) is 9.50 Å². The van der Waals surface area contributed by atoms with Gasteiger partial charge in [-0.1, -0.05) is 18.2 Å². The van der Waals surface area contributed by atoms with E-state index < -0.39 is 6.10 Å². The summed E-state index contributed by atoms with van der Waals surface area (Å²) in [4.78, 5) is 2.24. The fourth-order valence-corrected chi connectivity index (χ4v) is 4.51. The van der Waals surface area contributed by atoms with Gasteiger partial charge in [0.15, 0.2) is 5.76 Å². The van der Waals surface area contributed by atoms with E-state index in [0.717, 1.165) is 36.9 Å². The zero-order valence-corrected chi connectivity index (χ0v) is 20.6. The molecule has 1 aliphatic heterocycles. The van der Waals surface area contributed by atoms with Crippen LogP contribution in [0.1, 0.15) is 35.8 Å². The highest BCUT2D eigenvalue weighted by Gasteiger charge is 2.23. The Bertz CT molecular complexity index is 1280. The van der Waals surface area contributed by atoms with Crippen molar-refractivity contribution in [1.29, 1.82) is 0 Å². The van der Waals surface area contributed by atoms with Crippen LogP contribution in [0.3, 0.4) is 0 Å². The number of aryl methyl sites for hydroxylation is 2. The third-order valence-corrected chi connectivity index (χ3v) is 6.41. The number of rotatable bonds is 7. The molecule has 7 nitrogen and oxygen atoms in total. The molecule has 0 amide bonds. The number of hydrogen-bond donors (Lipinski definition) is 1. The maximum absolute atomic E-state index is 13.9. The number of furan rings is 1. The van der Waals surface area contributed by atoms with Gasteiger partial charge in [-0.2, -0.15) is 0 Å². The molecule has 1 N–H and O–H groups in total. The Morgan fingerprint density at radius 2 is 1.91 bits per heavy atom. The molecular formula is C26H29ClFN3O4. The van der Waals surface area contributed by atoms with Crippen LogP contribution in [0.4, 0.5) is 4.39 Å². The second-order valence-electron chi connectivity index (χ2n) is 8.95. The van der Waals surface area contributed by atoms with Crippen LogP contribution in [0.25, 0.3) is 22.6 Å². The van der Waals surface area contributed by atoms with E-state index in [4.69, 9.17) is 13.6 Å². The summed E-state index contributed by atoms with van der Waals surface area (Å²) in [5.41, 5.74) is 2.39. The Balaban J connectivity index is 0.00000289. The molecule has 2 aromatic heterocycles. The van der Waals surface area contributed by atoms with Crippen molar-refractivity contribution in [3.63, 3.8) is 0 Å². The van der Waals surface area contributed by atoms with Gasteiger partial charge in [-0.25, -0.2) is 4.39 Å². The van der Waals surface area contributed by atoms with Gasteiger partial charge in [-0.15, -0.1) is 22.6 Å². The monoisotopic (exact) mass is 501 g/mol. The molecule has 2 aromatic carbocycles. The summed E-state index contributed by atoms with van der Waals surface area (Å²) in [7, 11) is 0. The SMILES string of the molecule is Cc1nnc(-c2cc3c(OC[C@@H](O)CN4CCC(c5ccc(C)c(F)c5)CC4)cccc3o2)o1.Cl. The standard InChI is InChI=1S/C26H28FN3O4.ClH/c1-16-6-7-19(12-22(16)27)18-8-10-30(11-9-18)14-20(31)15-32-23-4-3-5-24-21(23)13-25(34-24)26-29-28-17(2)33-26;/h3-7,12-13,18,20,31H,8-11,14-15H2,1-2H3;1H/t20-;/m0./s1. The van der Waals surface area contributed by atoms with E-state index >= 15 is 0 Å². The van der Waals surface area contributed by atoms with Crippen molar-refractivity contribution in [2.45, 2.75) is 38.7 Å². The Labute approximate surface area is 209 Å². The molecule has 1 fully saturated rings. The Hall–Kier alpha value is -2.94. The Morgan fingerprint density at radius 3 is 2.63 bits per heavy atom. The third kappa shape index (κ3) is 5.66. The van der Waals surface area contributed by atoms with Gasteiger partial charge >= 0.3 is 0 Å². The minimum Gasteiger partial charge on any atom is -0.490 e. The average Bonchev–Trinajstić information content (AvgIpc) is 3.46. The molecule has 1 saturated heterocycles. The van der Waals surface area contributed by atoms with Crippen LogP contribution >= 0.6 is 12.4 Å². The Morgan fingerprint density at radius 1 is 1.11 bits per heavy atom. The lowest BCUT2D eigenvalue weighted by Gasteiger charge is -2.33. The van der Waals surface area contributed by atoms with E-state index in [-0.39, 0.29) is 24.8 Å². The summed E-state index contributed by atoms with van der Waals surface area (Å²) in [6.07, 6.45) is 1.26. The van der Waals surface area contributed by atoms with Crippen molar-refractivity contribution in [2.75, 3.05) is 26.2 Å². The largest absolute Gasteiger partial charge is 0.490 e. The number of ether oxygens (including phenoxy) is 1. The maximum atomic E-state index is 13.9. The van der Waals surface area contributed by atoms with Crippen LogP contribution in [0.15, 0.2) is 51.3 Å². The summed E-state index contributed by atoms with van der Waals surface area (Å²) < 4.78 is 31.1. The molecule has 9 heteroatoms. The quantitative estimate of drug-likeness (QED) is 0.368. The number of aliphatic hydroxyl groups is 1.